The first-order valence-corrected chi connectivity index (χ1v) is 10.1. The molecule has 1 amide bonds. The molecular weight excluding hydrogens is 394 g/mol. The molecule has 1 aliphatic carbocycles. The average Bonchev–Trinajstić information content (AvgIpc) is 3.47. The first-order chi connectivity index (χ1) is 13.8. The van der Waals surface area contributed by atoms with Crippen molar-refractivity contribution in [2.24, 2.45) is 5.92 Å². The topological polar surface area (TPSA) is 90.3 Å². The molecule has 2 N–H and O–H groups in total. The molecule has 2 aliphatic heterocycles. The van der Waals surface area contributed by atoms with E-state index >= 15 is 0 Å². The quantitative estimate of drug-likeness (QED) is 0.772. The van der Waals surface area contributed by atoms with Crippen LogP contribution in [0.2, 0.25) is 0 Å². The monoisotopic (exact) mass is 419 g/mol. The lowest BCUT2D eigenvalue weighted by atomic mass is 10.0. The molecule has 1 aromatic heterocycles. The van der Waals surface area contributed by atoms with E-state index in [4.69, 9.17) is 9.47 Å². The van der Waals surface area contributed by atoms with Crippen molar-refractivity contribution in [3.8, 4) is 11.5 Å². The van der Waals surface area contributed by atoms with Crippen molar-refractivity contribution in [3.63, 3.8) is 0 Å². The molecule has 1 unspecified atom stereocenters. The van der Waals surface area contributed by atoms with Gasteiger partial charge in [0.05, 0.1) is 18.3 Å². The number of hydrogen-bond donors (Lipinski definition) is 2. The number of nitrogens with one attached hydrogen (secondary N) is 2. The first kappa shape index (κ1) is 20.0. The molecule has 9 heteroatoms. The Kier molecular flexibility index (Phi) is 5.91. The number of piperidine rings is 1. The van der Waals surface area contributed by atoms with Crippen LogP contribution < -0.4 is 20.1 Å². The molecule has 1 aromatic carbocycles. The van der Waals surface area contributed by atoms with Gasteiger partial charge in [-0.3, -0.25) is 4.79 Å². The Hall–Kier alpha value is -2.32. The van der Waals surface area contributed by atoms with Gasteiger partial charge in [0.15, 0.2) is 17.2 Å². The maximum Gasteiger partial charge on any atom is 0.273 e. The molecule has 0 radical (unpaired) electrons. The molecule has 1 saturated carbocycles. The van der Waals surface area contributed by atoms with E-state index in [9.17, 15) is 4.79 Å². The smallest absolute Gasteiger partial charge is 0.273 e. The Labute approximate surface area is 175 Å². The van der Waals surface area contributed by atoms with E-state index in [0.29, 0.717) is 30.9 Å². The van der Waals surface area contributed by atoms with Gasteiger partial charge in [-0.15, -0.1) is 17.5 Å². The van der Waals surface area contributed by atoms with Gasteiger partial charge in [0, 0.05) is 0 Å². The van der Waals surface area contributed by atoms with Gasteiger partial charge in [-0.25, -0.2) is 4.68 Å². The zero-order valence-corrected chi connectivity index (χ0v) is 17.0. The molecule has 1 saturated heterocycles. The maximum atomic E-state index is 12.9. The number of aromatic nitrogens is 3. The standard InChI is InChI=1S/C20H25N5O3.ClH/c26-20(16-12-25(24-23-16)15-5-7-21-8-6-15)22-19(13-1-2-13)14-3-4-17-18(11-14)28-10-9-27-17;/h3-4,11-13,15,19,21H,1-2,5-10H2,(H,22,26);1H. The summed E-state index contributed by atoms with van der Waals surface area (Å²) in [6.07, 6.45) is 6.01. The van der Waals surface area contributed by atoms with Crippen LogP contribution in [0.15, 0.2) is 24.4 Å². The third-order valence-electron chi connectivity index (χ3n) is 5.73. The van der Waals surface area contributed by atoms with Crippen molar-refractivity contribution in [3.05, 3.63) is 35.7 Å². The number of carbonyl (C=O) groups excluding carboxylic acids is 1. The van der Waals surface area contributed by atoms with Gasteiger partial charge in [-0.05, 0) is 62.4 Å². The highest BCUT2D eigenvalue weighted by atomic mass is 35.5. The SMILES string of the molecule is Cl.O=C(NC(c1ccc2c(c1)OCCO2)C1CC1)c1cn(C2CCNCC2)nn1. The van der Waals surface area contributed by atoms with Gasteiger partial charge >= 0.3 is 0 Å². The molecule has 29 heavy (non-hydrogen) atoms. The van der Waals surface area contributed by atoms with Crippen molar-refractivity contribution >= 4 is 18.3 Å². The molecular formula is C20H26ClN5O3. The van der Waals surface area contributed by atoms with Crippen molar-refractivity contribution in [1.29, 1.82) is 0 Å². The molecule has 0 spiro atoms. The minimum Gasteiger partial charge on any atom is -0.486 e. The average molecular weight is 420 g/mol. The molecule has 5 rings (SSSR count). The Morgan fingerprint density at radius 1 is 1.14 bits per heavy atom. The highest BCUT2D eigenvalue weighted by Crippen LogP contribution is 2.43. The van der Waals surface area contributed by atoms with Crippen LogP contribution in [0, 0.1) is 5.92 Å². The van der Waals surface area contributed by atoms with Crippen LogP contribution in [-0.4, -0.2) is 47.2 Å². The van der Waals surface area contributed by atoms with E-state index < -0.39 is 0 Å². The number of carbonyl (C=O) groups is 1. The van der Waals surface area contributed by atoms with Gasteiger partial charge < -0.3 is 20.1 Å². The maximum absolute atomic E-state index is 12.9. The molecule has 3 aliphatic rings. The number of hydrogen-bond acceptors (Lipinski definition) is 6. The van der Waals surface area contributed by atoms with E-state index in [1.807, 2.05) is 22.9 Å². The Bertz CT molecular complexity index is 864. The highest BCUT2D eigenvalue weighted by Gasteiger charge is 2.35. The summed E-state index contributed by atoms with van der Waals surface area (Å²) < 4.78 is 13.2. The van der Waals surface area contributed by atoms with Crippen molar-refractivity contribution in [2.45, 2.75) is 37.8 Å². The first-order valence-electron chi connectivity index (χ1n) is 10.1. The normalized spacial score (nSPS) is 19.9. The molecule has 2 aromatic rings. The van der Waals surface area contributed by atoms with Gasteiger partial charge in [-0.2, -0.15) is 0 Å². The van der Waals surface area contributed by atoms with E-state index in [0.717, 1.165) is 55.8 Å². The van der Waals surface area contributed by atoms with Crippen LogP contribution in [0.25, 0.3) is 0 Å². The van der Waals surface area contributed by atoms with E-state index in [1.165, 1.54) is 0 Å². The summed E-state index contributed by atoms with van der Waals surface area (Å²) >= 11 is 0. The van der Waals surface area contributed by atoms with Crippen molar-refractivity contribution in [2.75, 3.05) is 26.3 Å². The van der Waals surface area contributed by atoms with E-state index in [-0.39, 0.29) is 24.4 Å². The van der Waals surface area contributed by atoms with Gasteiger partial charge in [-0.1, -0.05) is 11.3 Å². The minimum absolute atomic E-state index is 0. The zero-order chi connectivity index (χ0) is 18.9. The minimum atomic E-state index is -0.174. The van der Waals surface area contributed by atoms with Crippen LogP contribution in [0.5, 0.6) is 11.5 Å². The predicted octanol–water partition coefficient (Wildman–Crippen LogP) is 2.28. The zero-order valence-electron chi connectivity index (χ0n) is 16.2. The number of rotatable bonds is 5. The van der Waals surface area contributed by atoms with Crippen LogP contribution >= 0.6 is 12.4 Å². The lowest BCUT2D eigenvalue weighted by molar-refractivity contribution is 0.0926. The predicted molar refractivity (Wildman–Crippen MR) is 109 cm³/mol. The second-order valence-electron chi connectivity index (χ2n) is 7.76. The number of benzene rings is 1. The fraction of sp³-hybridized carbons (Fsp3) is 0.550. The highest BCUT2D eigenvalue weighted by molar-refractivity contribution is 5.92. The molecule has 1 atom stereocenters. The van der Waals surface area contributed by atoms with Crippen LogP contribution in [0.4, 0.5) is 0 Å². The van der Waals surface area contributed by atoms with E-state index in [2.05, 4.69) is 20.9 Å². The largest absolute Gasteiger partial charge is 0.486 e. The number of ether oxygens (including phenoxy) is 2. The van der Waals surface area contributed by atoms with Gasteiger partial charge in [0.1, 0.15) is 13.2 Å². The summed E-state index contributed by atoms with van der Waals surface area (Å²) in [6, 6.07) is 6.20. The number of amides is 1. The van der Waals surface area contributed by atoms with Gasteiger partial charge in [0.2, 0.25) is 0 Å². The molecule has 156 valence electrons. The number of halogens is 1. The van der Waals surface area contributed by atoms with Crippen LogP contribution in [0.3, 0.4) is 0 Å². The number of nitrogens with zero attached hydrogens (tertiary/aromatic N) is 3. The lowest BCUT2D eigenvalue weighted by Crippen LogP contribution is -2.30. The van der Waals surface area contributed by atoms with Gasteiger partial charge in [0.25, 0.3) is 5.91 Å². The third kappa shape index (κ3) is 4.33. The second kappa shape index (κ2) is 8.59. The summed E-state index contributed by atoms with van der Waals surface area (Å²) in [5.74, 6) is 1.79. The third-order valence-corrected chi connectivity index (χ3v) is 5.73. The summed E-state index contributed by atoms with van der Waals surface area (Å²) in [6.45, 7) is 3.07. The lowest BCUT2D eigenvalue weighted by Gasteiger charge is -2.23. The summed E-state index contributed by atoms with van der Waals surface area (Å²) in [4.78, 5) is 12.9. The molecule has 0 bridgehead atoms. The van der Waals surface area contributed by atoms with E-state index in [1.54, 1.807) is 6.20 Å². The summed E-state index contributed by atoms with van der Waals surface area (Å²) in [5.41, 5.74) is 1.42. The molecule has 3 heterocycles. The summed E-state index contributed by atoms with van der Waals surface area (Å²) in [7, 11) is 0. The fourth-order valence-electron chi connectivity index (χ4n) is 4.00. The van der Waals surface area contributed by atoms with Crippen molar-refractivity contribution < 1.29 is 14.3 Å². The number of fused-ring (bicyclic) bond motifs is 1. The second-order valence-corrected chi connectivity index (χ2v) is 7.76. The van der Waals surface area contributed by atoms with Crippen LogP contribution in [0.1, 0.15) is 53.8 Å². The van der Waals surface area contributed by atoms with Crippen molar-refractivity contribution in [1.82, 2.24) is 25.6 Å². The Morgan fingerprint density at radius 2 is 1.90 bits per heavy atom. The Balaban J connectivity index is 0.00000205. The molecule has 2 fully saturated rings. The van der Waals surface area contributed by atoms with Crippen LogP contribution in [-0.2, 0) is 0 Å². The Morgan fingerprint density at radius 3 is 2.66 bits per heavy atom. The summed E-state index contributed by atoms with van der Waals surface area (Å²) in [5, 5.41) is 14.8. The molecule has 8 nitrogen and oxygen atoms in total. The fourth-order valence-corrected chi connectivity index (χ4v) is 4.00.